The highest BCUT2D eigenvalue weighted by molar-refractivity contribution is 5.76. The predicted molar refractivity (Wildman–Crippen MR) is 411 cm³/mol. The largest absolute Gasteiger partial charge is 0.394 e. The van der Waals surface area contributed by atoms with E-state index in [1.54, 1.807) is 6.08 Å². The Hall–Kier alpha value is -2.51. The van der Waals surface area contributed by atoms with Crippen molar-refractivity contribution in [3.8, 4) is 0 Å². The van der Waals surface area contributed by atoms with Crippen molar-refractivity contribution in [2.45, 2.75) is 439 Å². The molecule has 0 aliphatic carbocycles. The second kappa shape index (κ2) is 64.3. The summed E-state index contributed by atoms with van der Waals surface area (Å²) >= 11 is 0. The molecular weight excluding hydrogens is 1310 g/mol. The molecule has 3 fully saturated rings. The Morgan fingerprint density at radius 3 is 1.03 bits per heavy atom. The third-order valence-corrected chi connectivity index (χ3v) is 20.8. The molecule has 0 aromatic rings. The fourth-order valence-electron chi connectivity index (χ4n) is 14.0. The highest BCUT2D eigenvalue weighted by Crippen LogP contribution is 2.33. The molecule has 19 heteroatoms. The van der Waals surface area contributed by atoms with E-state index in [1.807, 2.05) is 6.08 Å². The van der Waals surface area contributed by atoms with Crippen molar-refractivity contribution in [1.82, 2.24) is 5.32 Å². The first-order chi connectivity index (χ1) is 50.3. The summed E-state index contributed by atoms with van der Waals surface area (Å²) < 4.78 is 34.5. The fraction of sp³-hybridized carbons (Fsp3) is 0.869. The highest BCUT2D eigenvalue weighted by Gasteiger charge is 2.54. The maximum Gasteiger partial charge on any atom is 0.220 e. The van der Waals surface area contributed by atoms with Crippen LogP contribution in [0.5, 0.6) is 0 Å². The minimum absolute atomic E-state index is 0.232. The zero-order valence-corrected chi connectivity index (χ0v) is 64.5. The van der Waals surface area contributed by atoms with Gasteiger partial charge < -0.3 is 89.9 Å². The minimum atomic E-state index is -1.98. The molecule has 3 rings (SSSR count). The number of aliphatic hydroxyl groups is 11. The summed E-state index contributed by atoms with van der Waals surface area (Å²) in [5, 5.41) is 121. The number of hydrogen-bond donors (Lipinski definition) is 12. The summed E-state index contributed by atoms with van der Waals surface area (Å²) in [6.45, 7) is 1.75. The molecule has 0 saturated carbocycles. The van der Waals surface area contributed by atoms with Gasteiger partial charge in [-0.2, -0.15) is 0 Å². The number of unbranched alkanes of at least 4 members (excludes halogenated alkanes) is 43. The van der Waals surface area contributed by atoms with E-state index in [0.717, 1.165) is 51.4 Å². The van der Waals surface area contributed by atoms with Crippen LogP contribution in [-0.2, 0) is 33.2 Å². The van der Waals surface area contributed by atoms with Gasteiger partial charge in [-0.05, 0) is 77.0 Å². The standard InChI is InChI=1S/C84H153NO18/c1-3-5-7-9-11-13-15-17-19-21-23-25-27-29-31-33-35-37-39-41-43-45-47-49-51-53-55-57-59-61-68(89)67(85-72(90)62-60-58-56-54-52-50-48-46-44-42-40-38-36-34-32-30-28-26-24-22-20-18-16-14-12-10-8-6-4-2)66-98-82-78(96)75(93)80(70(64-87)100-82)103-84-79(97)76(94)81(71(65-88)101-84)102-83-77(95)74(92)73(91)69(63-86)99-83/h16,18,22,24,43,45,51,53,59,61,67-71,73-84,86-89,91-97H,3-15,17,19-21,23,25-42,44,46-50,52,54-58,60,62-66H2,1-2H3,(H,85,90)/b18-16-,24-22-,45-43+,53-51+,61-59+. The van der Waals surface area contributed by atoms with Gasteiger partial charge in [0.25, 0.3) is 0 Å². The molecule has 19 nitrogen and oxygen atoms in total. The molecule has 0 spiro atoms. The molecule has 3 aliphatic heterocycles. The van der Waals surface area contributed by atoms with Crippen LogP contribution in [0.1, 0.15) is 335 Å². The van der Waals surface area contributed by atoms with Crippen LogP contribution in [0.2, 0.25) is 0 Å². The Kier molecular flexibility index (Phi) is 59.1. The number of hydrogen-bond acceptors (Lipinski definition) is 18. The van der Waals surface area contributed by atoms with Gasteiger partial charge in [-0.3, -0.25) is 4.79 Å². The number of carbonyl (C=O) groups excluding carboxylic acids is 1. The molecule has 0 bridgehead atoms. The Balaban J connectivity index is 1.38. The summed E-state index contributed by atoms with van der Waals surface area (Å²) in [5.41, 5.74) is 0. The number of ether oxygens (including phenoxy) is 6. The molecule has 0 aromatic heterocycles. The monoisotopic (exact) mass is 1460 g/mol. The van der Waals surface area contributed by atoms with Gasteiger partial charge in [0, 0.05) is 6.42 Å². The lowest BCUT2D eigenvalue weighted by Crippen LogP contribution is -2.66. The molecule has 3 aliphatic rings. The maximum absolute atomic E-state index is 13.5. The summed E-state index contributed by atoms with van der Waals surface area (Å²) in [6.07, 6.45) is 56.5. The minimum Gasteiger partial charge on any atom is -0.394 e. The van der Waals surface area contributed by atoms with E-state index in [2.05, 4.69) is 67.8 Å². The van der Waals surface area contributed by atoms with Gasteiger partial charge in [0.2, 0.25) is 5.91 Å². The Bertz CT molecular complexity index is 2090. The van der Waals surface area contributed by atoms with Crippen LogP contribution >= 0.6 is 0 Å². The van der Waals surface area contributed by atoms with Crippen molar-refractivity contribution in [3.63, 3.8) is 0 Å². The summed E-state index contributed by atoms with van der Waals surface area (Å²) in [4.78, 5) is 13.5. The second-order valence-corrected chi connectivity index (χ2v) is 29.9. The predicted octanol–water partition coefficient (Wildman–Crippen LogP) is 14.6. The highest BCUT2D eigenvalue weighted by atomic mass is 16.8. The first-order valence-electron chi connectivity index (χ1n) is 42.0. The van der Waals surface area contributed by atoms with Crippen molar-refractivity contribution >= 4 is 5.91 Å². The lowest BCUT2D eigenvalue weighted by atomic mass is 9.96. The molecule has 1 amide bonds. The summed E-state index contributed by atoms with van der Waals surface area (Å²) in [7, 11) is 0. The van der Waals surface area contributed by atoms with Crippen molar-refractivity contribution in [3.05, 3.63) is 60.8 Å². The SMILES string of the molecule is CCCCCCC/C=C\C/C=C\CCCCCCCCCCCCCCCCCCCC(=O)NC(COC1OC(CO)C(OC2OC(CO)C(OC3OC(CO)C(O)C(O)C3O)C(O)C2O)C(O)C1O)C(O)/C=C/CC/C=C/CC/C=C/CCCCCCCCCCCCCCCCCCCCC. The van der Waals surface area contributed by atoms with Crippen molar-refractivity contribution in [2.24, 2.45) is 0 Å². The van der Waals surface area contributed by atoms with Crippen LogP contribution in [0.15, 0.2) is 60.8 Å². The van der Waals surface area contributed by atoms with E-state index < -0.39 is 124 Å². The van der Waals surface area contributed by atoms with Crippen molar-refractivity contribution in [1.29, 1.82) is 0 Å². The zero-order chi connectivity index (χ0) is 74.6. The summed E-state index contributed by atoms with van der Waals surface area (Å²) in [5.74, 6) is -0.286. The van der Waals surface area contributed by atoms with Gasteiger partial charge in [-0.1, -0.05) is 312 Å². The molecule has 17 atom stereocenters. The molecule has 3 saturated heterocycles. The molecule has 602 valence electrons. The lowest BCUT2D eigenvalue weighted by molar-refractivity contribution is -0.379. The normalized spacial score (nSPS) is 26.3. The smallest absolute Gasteiger partial charge is 0.220 e. The number of rotatable bonds is 67. The van der Waals surface area contributed by atoms with Gasteiger partial charge >= 0.3 is 0 Å². The van der Waals surface area contributed by atoms with Crippen molar-refractivity contribution < 1.29 is 89.4 Å². The number of nitrogens with one attached hydrogen (secondary N) is 1. The number of aliphatic hydroxyl groups excluding tert-OH is 11. The van der Waals surface area contributed by atoms with Crippen LogP contribution in [-0.4, -0.2) is 193 Å². The topological polar surface area (TPSA) is 307 Å². The summed E-state index contributed by atoms with van der Waals surface area (Å²) in [6, 6.07) is -1.000. The molecule has 12 N–H and O–H groups in total. The number of allylic oxidation sites excluding steroid dienone is 9. The second-order valence-electron chi connectivity index (χ2n) is 29.9. The Morgan fingerprint density at radius 2 is 0.650 bits per heavy atom. The molecular formula is C84H153NO18. The van der Waals surface area contributed by atoms with E-state index in [0.29, 0.717) is 12.8 Å². The van der Waals surface area contributed by atoms with E-state index in [9.17, 15) is 61.0 Å². The van der Waals surface area contributed by atoms with E-state index in [1.165, 1.54) is 250 Å². The molecule has 3 heterocycles. The number of amides is 1. The van der Waals surface area contributed by atoms with Crippen LogP contribution in [0.4, 0.5) is 0 Å². The quantitative estimate of drug-likeness (QED) is 0.0199. The van der Waals surface area contributed by atoms with E-state index in [-0.39, 0.29) is 18.9 Å². The zero-order valence-electron chi connectivity index (χ0n) is 64.5. The Morgan fingerprint density at radius 1 is 0.350 bits per heavy atom. The van der Waals surface area contributed by atoms with Gasteiger partial charge in [0.15, 0.2) is 18.9 Å². The van der Waals surface area contributed by atoms with Gasteiger partial charge in [0.05, 0.1) is 38.6 Å². The van der Waals surface area contributed by atoms with Crippen LogP contribution in [0.25, 0.3) is 0 Å². The van der Waals surface area contributed by atoms with Crippen LogP contribution in [0, 0.1) is 0 Å². The fourth-order valence-corrected chi connectivity index (χ4v) is 14.0. The molecule has 17 unspecified atom stereocenters. The maximum atomic E-state index is 13.5. The molecule has 103 heavy (non-hydrogen) atoms. The average Bonchev–Trinajstić information content (AvgIpc) is 0.781. The van der Waals surface area contributed by atoms with Crippen LogP contribution in [0.3, 0.4) is 0 Å². The van der Waals surface area contributed by atoms with Crippen LogP contribution < -0.4 is 5.32 Å². The van der Waals surface area contributed by atoms with Gasteiger partial charge in [0.1, 0.15) is 73.2 Å². The van der Waals surface area contributed by atoms with Gasteiger partial charge in [-0.25, -0.2) is 0 Å². The third kappa shape index (κ3) is 44.1. The molecule has 0 radical (unpaired) electrons. The van der Waals surface area contributed by atoms with E-state index in [4.69, 9.17) is 28.4 Å². The lowest BCUT2D eigenvalue weighted by Gasteiger charge is -2.48. The first-order valence-corrected chi connectivity index (χ1v) is 42.0. The number of carbonyl (C=O) groups is 1. The third-order valence-electron chi connectivity index (χ3n) is 20.8. The first kappa shape index (κ1) is 94.7. The average molecular weight is 1470 g/mol. The van der Waals surface area contributed by atoms with E-state index >= 15 is 0 Å². The molecule has 0 aromatic carbocycles. The Labute approximate surface area is 624 Å². The van der Waals surface area contributed by atoms with Gasteiger partial charge in [-0.15, -0.1) is 0 Å². The van der Waals surface area contributed by atoms with Crippen molar-refractivity contribution in [2.75, 3.05) is 26.4 Å².